The molecule has 0 radical (unpaired) electrons. The third-order valence-corrected chi connectivity index (χ3v) is 2.17. The molecule has 8 heteroatoms. The third-order valence-electron chi connectivity index (χ3n) is 1.61. The smallest absolute Gasteiger partial charge is 0.358 e. The molecule has 0 bridgehead atoms. The Bertz CT molecular complexity index is 401. The van der Waals surface area contributed by atoms with Crippen LogP contribution in [-0.2, 0) is 5.88 Å². The van der Waals surface area contributed by atoms with Crippen LogP contribution in [0.2, 0.25) is 5.02 Å². The molecule has 1 aromatic rings. The van der Waals surface area contributed by atoms with E-state index >= 15 is 0 Å². The number of hydrogen-bond donors (Lipinski definition) is 0. The number of hydrogen-bond acceptors (Lipinski definition) is 3. The van der Waals surface area contributed by atoms with Crippen molar-refractivity contribution in [1.82, 2.24) is 4.98 Å². The van der Waals surface area contributed by atoms with Crippen LogP contribution >= 0.6 is 23.2 Å². The summed E-state index contributed by atoms with van der Waals surface area (Å²) < 4.78 is 24.9. The van der Waals surface area contributed by atoms with Gasteiger partial charge in [0, 0.05) is 0 Å². The predicted octanol–water partition coefficient (Wildman–Crippen LogP) is 3.32. The Hall–Kier alpha value is -1.01. The molecule has 15 heavy (non-hydrogen) atoms. The highest BCUT2D eigenvalue weighted by molar-refractivity contribution is 6.31. The summed E-state index contributed by atoms with van der Waals surface area (Å²) in [5.41, 5.74) is -0.830. The molecule has 0 atom stereocenters. The zero-order chi connectivity index (χ0) is 11.6. The summed E-state index contributed by atoms with van der Waals surface area (Å²) in [6.07, 6.45) is -2.86. The Balaban J connectivity index is 3.37. The molecule has 1 aromatic heterocycles. The van der Waals surface area contributed by atoms with Gasteiger partial charge in [0.2, 0.25) is 0 Å². The van der Waals surface area contributed by atoms with Gasteiger partial charge in [-0.25, -0.2) is 8.78 Å². The van der Waals surface area contributed by atoms with Gasteiger partial charge in [0.25, 0.3) is 6.43 Å². The van der Waals surface area contributed by atoms with Crippen molar-refractivity contribution in [1.29, 1.82) is 0 Å². The predicted molar refractivity (Wildman–Crippen MR) is 50.4 cm³/mol. The van der Waals surface area contributed by atoms with Crippen molar-refractivity contribution < 1.29 is 13.7 Å². The maximum atomic E-state index is 12.5. The van der Waals surface area contributed by atoms with Gasteiger partial charge in [0.1, 0.15) is 0 Å². The second kappa shape index (κ2) is 4.67. The molecule has 0 saturated carbocycles. The van der Waals surface area contributed by atoms with Gasteiger partial charge in [-0.3, -0.25) is 0 Å². The van der Waals surface area contributed by atoms with E-state index in [2.05, 4.69) is 4.98 Å². The van der Waals surface area contributed by atoms with Crippen molar-refractivity contribution in [3.8, 4) is 0 Å². The molecule has 0 aliphatic carbocycles. The van der Waals surface area contributed by atoms with Crippen LogP contribution in [-0.4, -0.2) is 9.91 Å². The van der Waals surface area contributed by atoms with Crippen LogP contribution in [0.15, 0.2) is 6.07 Å². The van der Waals surface area contributed by atoms with Gasteiger partial charge >= 0.3 is 5.82 Å². The van der Waals surface area contributed by atoms with Crippen molar-refractivity contribution >= 4 is 29.0 Å². The topological polar surface area (TPSA) is 56.0 Å². The lowest BCUT2D eigenvalue weighted by molar-refractivity contribution is -0.389. The molecule has 4 nitrogen and oxygen atoms in total. The lowest BCUT2D eigenvalue weighted by Crippen LogP contribution is -2.01. The van der Waals surface area contributed by atoms with E-state index in [1.165, 1.54) is 0 Å². The molecule has 0 spiro atoms. The maximum absolute atomic E-state index is 12.5. The molecule has 0 fully saturated rings. The molecule has 0 aliphatic rings. The van der Waals surface area contributed by atoms with Crippen molar-refractivity contribution in [2.45, 2.75) is 12.3 Å². The average Bonchev–Trinajstić information content (AvgIpc) is 2.15. The maximum Gasteiger partial charge on any atom is 0.365 e. The number of halogens is 4. The Morgan fingerprint density at radius 3 is 2.60 bits per heavy atom. The van der Waals surface area contributed by atoms with Gasteiger partial charge in [-0.1, -0.05) is 11.6 Å². The Labute approximate surface area is 93.0 Å². The van der Waals surface area contributed by atoms with Gasteiger partial charge in [-0.15, -0.1) is 11.6 Å². The van der Waals surface area contributed by atoms with Crippen molar-refractivity contribution in [2.24, 2.45) is 0 Å². The fourth-order valence-corrected chi connectivity index (χ4v) is 1.48. The van der Waals surface area contributed by atoms with E-state index in [1.54, 1.807) is 0 Å². The van der Waals surface area contributed by atoms with Gasteiger partial charge in [-0.05, 0) is 9.91 Å². The molecule has 0 aromatic carbocycles. The SMILES string of the molecule is O=[N+]([O-])c1cc(Cl)c(C(F)F)c(CCl)n1. The summed E-state index contributed by atoms with van der Waals surface area (Å²) in [5, 5.41) is 9.96. The normalized spacial score (nSPS) is 10.7. The number of aromatic nitrogens is 1. The molecule has 0 N–H and O–H groups in total. The van der Waals surface area contributed by atoms with Crippen LogP contribution in [0.3, 0.4) is 0 Å². The third kappa shape index (κ3) is 2.51. The average molecular weight is 257 g/mol. The summed E-state index contributed by atoms with van der Waals surface area (Å²) in [5.74, 6) is -0.957. The zero-order valence-electron chi connectivity index (χ0n) is 7.08. The Kier molecular flexibility index (Phi) is 3.76. The van der Waals surface area contributed by atoms with Crippen LogP contribution in [0.1, 0.15) is 17.7 Å². The minimum Gasteiger partial charge on any atom is -0.358 e. The van der Waals surface area contributed by atoms with Gasteiger partial charge < -0.3 is 10.1 Å². The Morgan fingerprint density at radius 1 is 1.60 bits per heavy atom. The first-order chi connectivity index (χ1) is 6.97. The summed E-state index contributed by atoms with van der Waals surface area (Å²) in [6, 6.07) is 0.777. The number of rotatable bonds is 3. The van der Waals surface area contributed by atoms with E-state index in [4.69, 9.17) is 23.2 Å². The highest BCUT2D eigenvalue weighted by Gasteiger charge is 2.25. The minimum absolute atomic E-state index is 0.272. The fourth-order valence-electron chi connectivity index (χ4n) is 0.985. The van der Waals surface area contributed by atoms with Crippen LogP contribution in [0.5, 0.6) is 0 Å². The fraction of sp³-hybridized carbons (Fsp3) is 0.286. The molecule has 82 valence electrons. The summed E-state index contributed by atoms with van der Waals surface area (Å²) in [6.45, 7) is 0. The summed E-state index contributed by atoms with van der Waals surface area (Å²) in [4.78, 5) is 12.9. The molecule has 0 saturated heterocycles. The van der Waals surface area contributed by atoms with E-state index in [0.717, 1.165) is 6.07 Å². The lowest BCUT2D eigenvalue weighted by atomic mass is 10.2. The molecule has 0 aliphatic heterocycles. The first-order valence-corrected chi connectivity index (χ1v) is 4.56. The molecule has 0 amide bonds. The molecule has 1 rings (SSSR count). The van der Waals surface area contributed by atoms with Gasteiger partial charge in [0.05, 0.1) is 22.5 Å². The van der Waals surface area contributed by atoms with E-state index in [-0.39, 0.29) is 11.6 Å². The molecule has 0 unspecified atom stereocenters. The minimum atomic E-state index is -2.86. The second-order valence-corrected chi connectivity index (χ2v) is 3.19. The van der Waals surface area contributed by atoms with Crippen molar-refractivity contribution in [3.05, 3.63) is 32.5 Å². The highest BCUT2D eigenvalue weighted by Crippen LogP contribution is 2.32. The Morgan fingerprint density at radius 2 is 2.20 bits per heavy atom. The number of alkyl halides is 3. The largest absolute Gasteiger partial charge is 0.365 e. The quantitative estimate of drug-likeness (QED) is 0.474. The molecular formula is C7H4Cl2F2N2O2. The van der Waals surface area contributed by atoms with E-state index in [0.29, 0.717) is 0 Å². The lowest BCUT2D eigenvalue weighted by Gasteiger charge is -2.04. The standard InChI is InChI=1S/C7H4Cl2F2N2O2/c8-2-4-6(7(10)11)3(9)1-5(12-4)13(14)15/h1,7H,2H2. The van der Waals surface area contributed by atoms with Crippen LogP contribution in [0, 0.1) is 10.1 Å². The highest BCUT2D eigenvalue weighted by atomic mass is 35.5. The summed E-state index contributed by atoms with van der Waals surface area (Å²) in [7, 11) is 0. The van der Waals surface area contributed by atoms with Gasteiger partial charge in [-0.2, -0.15) is 0 Å². The molecule has 1 heterocycles. The second-order valence-electron chi connectivity index (χ2n) is 2.51. The van der Waals surface area contributed by atoms with E-state index in [1.807, 2.05) is 0 Å². The number of nitro groups is 1. The van der Waals surface area contributed by atoms with Crippen LogP contribution in [0.25, 0.3) is 0 Å². The van der Waals surface area contributed by atoms with E-state index < -0.39 is 27.8 Å². The first kappa shape index (κ1) is 12.1. The summed E-state index contributed by atoms with van der Waals surface area (Å²) >= 11 is 10.8. The molecular weight excluding hydrogens is 253 g/mol. The van der Waals surface area contributed by atoms with Crippen molar-refractivity contribution in [2.75, 3.05) is 0 Å². The monoisotopic (exact) mass is 256 g/mol. The van der Waals surface area contributed by atoms with Crippen molar-refractivity contribution in [3.63, 3.8) is 0 Å². The zero-order valence-corrected chi connectivity index (χ0v) is 8.60. The van der Waals surface area contributed by atoms with Crippen LogP contribution < -0.4 is 0 Å². The number of nitrogens with zero attached hydrogens (tertiary/aromatic N) is 2. The van der Waals surface area contributed by atoms with Gasteiger partial charge in [0.15, 0.2) is 5.69 Å². The van der Waals surface area contributed by atoms with E-state index in [9.17, 15) is 18.9 Å². The number of pyridine rings is 1. The van der Waals surface area contributed by atoms with Crippen LogP contribution in [0.4, 0.5) is 14.6 Å². The first-order valence-electron chi connectivity index (χ1n) is 3.65.